The zero-order valence-corrected chi connectivity index (χ0v) is 19.2. The Hall–Kier alpha value is 0.190. The number of likely N-dealkylation sites (N-methyl/N-ethyl adjacent to an activating group) is 2. The molecule has 7 heteroatoms. The van der Waals surface area contributed by atoms with Gasteiger partial charge in [-0.1, -0.05) is 0 Å². The molecule has 1 aliphatic heterocycles. The lowest BCUT2D eigenvalue weighted by molar-refractivity contribution is 0.0487. The summed E-state index contributed by atoms with van der Waals surface area (Å²) >= 11 is 0. The molecule has 0 aromatic carbocycles. The van der Waals surface area contributed by atoms with E-state index in [1.165, 1.54) is 0 Å². The molecule has 1 N–H and O–H groups in total. The van der Waals surface area contributed by atoms with Crippen LogP contribution >= 0.6 is 7.87 Å². The lowest BCUT2D eigenvalue weighted by Crippen LogP contribution is -2.64. The van der Waals surface area contributed by atoms with E-state index >= 15 is 0 Å². The van der Waals surface area contributed by atoms with Crippen molar-refractivity contribution in [1.82, 2.24) is 28.9 Å². The zero-order chi connectivity index (χ0) is 19.3. The molecule has 0 amide bonds. The van der Waals surface area contributed by atoms with E-state index in [1.54, 1.807) is 0 Å². The molecule has 25 heavy (non-hydrogen) atoms. The lowest BCUT2D eigenvalue weighted by Gasteiger charge is -2.51. The quantitative estimate of drug-likeness (QED) is 0.559. The van der Waals surface area contributed by atoms with Crippen molar-refractivity contribution >= 4 is 7.87 Å². The smallest absolute Gasteiger partial charge is 0.272 e. The maximum atomic E-state index is 4.25. The van der Waals surface area contributed by atoms with E-state index in [0.29, 0.717) is 0 Å². The first-order valence-corrected chi connectivity index (χ1v) is 11.8. The molecule has 1 saturated heterocycles. The fourth-order valence-corrected chi connectivity index (χ4v) is 8.86. The van der Waals surface area contributed by atoms with Gasteiger partial charge in [-0.15, -0.1) is 19.1 Å². The number of hydrogen-bond donors (Lipinski definition) is 1. The molecule has 0 atom stereocenters. The molecule has 0 aromatic rings. The van der Waals surface area contributed by atoms with Gasteiger partial charge in [0.25, 0.3) is 0 Å². The van der Waals surface area contributed by atoms with Gasteiger partial charge >= 0.3 is 7.87 Å². The van der Waals surface area contributed by atoms with E-state index in [1.807, 2.05) is 0 Å². The topological polar surface area (TPSA) is 28.2 Å². The van der Waals surface area contributed by atoms with E-state index < -0.39 is 7.87 Å². The fourth-order valence-electron chi connectivity index (χ4n) is 4.08. The van der Waals surface area contributed by atoms with Gasteiger partial charge in [-0.2, -0.15) is 0 Å². The Morgan fingerprint density at radius 1 is 0.720 bits per heavy atom. The van der Waals surface area contributed by atoms with E-state index in [0.717, 1.165) is 52.4 Å². The second kappa shape index (κ2) is 9.93. The molecule has 0 bridgehead atoms. The largest absolute Gasteiger partial charge is 0.309 e. The third kappa shape index (κ3) is 4.21. The van der Waals surface area contributed by atoms with E-state index in [9.17, 15) is 0 Å². The predicted octanol–water partition coefficient (Wildman–Crippen LogP) is 2.83. The third-order valence-electron chi connectivity index (χ3n) is 5.99. The summed E-state index contributed by atoms with van der Waals surface area (Å²) in [6.45, 7) is 24.8. The van der Waals surface area contributed by atoms with Crippen LogP contribution in [0.25, 0.3) is 0 Å². The van der Waals surface area contributed by atoms with Crippen LogP contribution in [0.2, 0.25) is 0 Å². The average Bonchev–Trinajstić information content (AvgIpc) is 2.85. The summed E-state index contributed by atoms with van der Waals surface area (Å²) in [5, 5.41) is 4.25. The van der Waals surface area contributed by atoms with Crippen molar-refractivity contribution in [1.29, 1.82) is 0 Å². The molecule has 0 unspecified atom stereocenters. The van der Waals surface area contributed by atoms with Crippen LogP contribution in [-0.2, 0) is 0 Å². The van der Waals surface area contributed by atoms with Crippen molar-refractivity contribution in [2.45, 2.75) is 54.3 Å². The Morgan fingerprint density at radius 2 is 1.00 bits per heavy atom. The monoisotopic (exact) mass is 375 g/mol. The molecule has 1 aliphatic rings. The van der Waals surface area contributed by atoms with Gasteiger partial charge in [-0.3, -0.25) is 9.80 Å². The summed E-state index contributed by atoms with van der Waals surface area (Å²) in [5.41, 5.74) is 0. The van der Waals surface area contributed by atoms with Crippen LogP contribution in [0.3, 0.4) is 0 Å². The summed E-state index contributed by atoms with van der Waals surface area (Å²) in [5.74, 6) is -0.123. The molecular formula is C18H44N6P+. The fraction of sp³-hybridized carbons (Fsp3) is 1.00. The molecule has 1 heterocycles. The van der Waals surface area contributed by atoms with Crippen LogP contribution in [0.4, 0.5) is 0 Å². The molecule has 0 spiro atoms. The summed E-state index contributed by atoms with van der Waals surface area (Å²) in [6, 6.07) is 0. The normalized spacial score (nSPS) is 19.7. The van der Waals surface area contributed by atoms with Crippen LogP contribution in [0.15, 0.2) is 0 Å². The van der Waals surface area contributed by atoms with Gasteiger partial charge in [0.1, 0.15) is 0 Å². The predicted molar refractivity (Wildman–Crippen MR) is 112 cm³/mol. The first-order chi connectivity index (χ1) is 11.8. The van der Waals surface area contributed by atoms with Crippen LogP contribution in [0, 0.1) is 0 Å². The van der Waals surface area contributed by atoms with E-state index in [4.69, 9.17) is 0 Å². The minimum absolute atomic E-state index is 0.123. The Bertz CT molecular complexity index is 340. The van der Waals surface area contributed by atoms with Crippen molar-refractivity contribution in [3.8, 4) is 0 Å². The third-order valence-corrected chi connectivity index (χ3v) is 10.8. The van der Waals surface area contributed by atoms with Crippen molar-refractivity contribution < 1.29 is 0 Å². The first kappa shape index (κ1) is 23.2. The Labute approximate surface area is 158 Å². The molecule has 150 valence electrons. The highest BCUT2D eigenvalue weighted by Gasteiger charge is 2.60. The van der Waals surface area contributed by atoms with Crippen molar-refractivity contribution in [2.75, 3.05) is 66.5 Å². The highest BCUT2D eigenvalue weighted by Crippen LogP contribution is 2.65. The summed E-state index contributed by atoms with van der Waals surface area (Å²) in [6.07, 6.45) is 0. The SMILES string of the molecule is CCN(CC)[P+](NC1(C)N(C)CCN1C)(N(CC)CC)N(CC)CC. The Morgan fingerprint density at radius 3 is 1.24 bits per heavy atom. The Kier molecular flexibility index (Phi) is 9.23. The van der Waals surface area contributed by atoms with Gasteiger partial charge in [0, 0.05) is 52.4 Å². The second-order valence-electron chi connectivity index (χ2n) is 6.96. The average molecular weight is 376 g/mol. The molecule has 1 rings (SSSR count). The molecule has 0 aliphatic carbocycles. The molecular weight excluding hydrogens is 331 g/mol. The molecule has 1 fully saturated rings. The highest BCUT2D eigenvalue weighted by atomic mass is 31.2. The number of rotatable bonds is 11. The molecule has 0 saturated carbocycles. The van der Waals surface area contributed by atoms with Crippen LogP contribution < -0.4 is 5.09 Å². The van der Waals surface area contributed by atoms with Crippen LogP contribution in [0.1, 0.15) is 48.5 Å². The van der Waals surface area contributed by atoms with Crippen LogP contribution in [0.5, 0.6) is 0 Å². The van der Waals surface area contributed by atoms with Gasteiger partial charge in [0.15, 0.2) is 5.79 Å². The minimum atomic E-state index is -1.85. The number of nitrogens with one attached hydrogen (secondary N) is 1. The summed E-state index contributed by atoms with van der Waals surface area (Å²) < 4.78 is 8.08. The van der Waals surface area contributed by atoms with E-state index in [-0.39, 0.29) is 5.79 Å². The van der Waals surface area contributed by atoms with Crippen molar-refractivity contribution in [2.24, 2.45) is 0 Å². The van der Waals surface area contributed by atoms with Crippen molar-refractivity contribution in [3.05, 3.63) is 0 Å². The van der Waals surface area contributed by atoms with Crippen molar-refractivity contribution in [3.63, 3.8) is 0 Å². The second-order valence-corrected chi connectivity index (χ2v) is 10.0. The molecule has 0 aromatic heterocycles. The lowest BCUT2D eigenvalue weighted by atomic mass is 10.4. The maximum absolute atomic E-state index is 4.25. The molecule has 6 nitrogen and oxygen atoms in total. The Balaban J connectivity index is 3.51. The van der Waals surface area contributed by atoms with Gasteiger partial charge in [0.2, 0.25) is 0 Å². The maximum Gasteiger partial charge on any atom is 0.309 e. The highest BCUT2D eigenvalue weighted by molar-refractivity contribution is 7.67. The van der Waals surface area contributed by atoms with Gasteiger partial charge in [0.05, 0.1) is 0 Å². The summed E-state index contributed by atoms with van der Waals surface area (Å²) in [7, 11) is 2.65. The van der Waals surface area contributed by atoms with Gasteiger partial charge < -0.3 is 0 Å². The zero-order valence-electron chi connectivity index (χ0n) is 18.3. The van der Waals surface area contributed by atoms with Crippen LogP contribution in [-0.4, -0.2) is 96.1 Å². The standard InChI is InChI=1S/C18H44N6P/c1-10-22(11-2)25(23(12-3)13-4,24(14-5)15-6)19-18(7)20(8)16-17-21(18)9/h19H,10-17H2,1-9H3/q+1. The number of hydrogen-bond acceptors (Lipinski definition) is 6. The summed E-state index contributed by atoms with van der Waals surface area (Å²) in [4.78, 5) is 4.94. The van der Waals surface area contributed by atoms with Gasteiger partial charge in [-0.05, 0) is 62.6 Å². The number of nitrogens with zero attached hydrogens (tertiary/aromatic N) is 5. The minimum Gasteiger partial charge on any atom is -0.272 e. The molecule has 0 radical (unpaired) electrons. The van der Waals surface area contributed by atoms with E-state index in [2.05, 4.69) is 91.5 Å². The van der Waals surface area contributed by atoms with Gasteiger partial charge in [-0.25, -0.2) is 0 Å². The first-order valence-electron chi connectivity index (χ1n) is 10.2.